The van der Waals surface area contributed by atoms with Crippen LogP contribution in [0, 0.1) is 11.8 Å². The molecule has 1 amide bonds. The highest BCUT2D eigenvalue weighted by atomic mass is 16.6. The number of hydrogen-bond acceptors (Lipinski definition) is 3. The Labute approximate surface area is 91.6 Å². The molecule has 0 saturated heterocycles. The Morgan fingerprint density at radius 1 is 1.47 bits per heavy atom. The summed E-state index contributed by atoms with van der Waals surface area (Å²) >= 11 is 0. The second-order valence-corrected chi connectivity index (χ2v) is 4.36. The minimum Gasteiger partial charge on any atom is -0.444 e. The lowest BCUT2D eigenvalue weighted by Gasteiger charge is -2.23. The van der Waals surface area contributed by atoms with Gasteiger partial charge in [-0.3, -0.25) is 0 Å². The van der Waals surface area contributed by atoms with Gasteiger partial charge in [-0.25, -0.2) is 4.79 Å². The summed E-state index contributed by atoms with van der Waals surface area (Å²) in [5, 5.41) is 2.63. The van der Waals surface area contributed by atoms with Gasteiger partial charge < -0.3 is 15.8 Å². The summed E-state index contributed by atoms with van der Waals surface area (Å²) in [7, 11) is 0. The van der Waals surface area contributed by atoms with Crippen LogP contribution in [-0.4, -0.2) is 23.8 Å². The average Bonchev–Trinajstić information content (AvgIpc) is 2.00. The maximum atomic E-state index is 11.3. The standard InChI is InChI=1S/C11H20N2O2/c1-6-7-9(12)8(2)13-10(14)15-11(3,4)5/h8-9H,12H2,1-5H3,(H,13,14)/t8-,9+/m0/s1. The maximum Gasteiger partial charge on any atom is 0.407 e. The molecule has 0 radical (unpaired) electrons. The fourth-order valence-electron chi connectivity index (χ4n) is 0.875. The average molecular weight is 212 g/mol. The highest BCUT2D eigenvalue weighted by molar-refractivity contribution is 5.68. The number of hydrogen-bond donors (Lipinski definition) is 2. The molecule has 0 aromatic rings. The van der Waals surface area contributed by atoms with Crippen LogP contribution in [-0.2, 0) is 4.74 Å². The van der Waals surface area contributed by atoms with Gasteiger partial charge in [0.05, 0.1) is 12.1 Å². The van der Waals surface area contributed by atoms with E-state index in [1.54, 1.807) is 13.8 Å². The van der Waals surface area contributed by atoms with Gasteiger partial charge in [-0.2, -0.15) is 0 Å². The monoisotopic (exact) mass is 212 g/mol. The van der Waals surface area contributed by atoms with E-state index in [0.717, 1.165) is 0 Å². The fourth-order valence-corrected chi connectivity index (χ4v) is 0.875. The molecule has 0 aliphatic rings. The number of ether oxygens (including phenoxy) is 1. The number of nitrogens with one attached hydrogen (secondary N) is 1. The summed E-state index contributed by atoms with van der Waals surface area (Å²) in [6.07, 6.45) is -0.469. The van der Waals surface area contributed by atoms with Gasteiger partial charge in [-0.15, -0.1) is 5.92 Å². The minimum absolute atomic E-state index is 0.229. The van der Waals surface area contributed by atoms with E-state index in [-0.39, 0.29) is 12.1 Å². The molecule has 0 aliphatic carbocycles. The first-order valence-corrected chi connectivity index (χ1v) is 4.93. The number of nitrogens with two attached hydrogens (primary N) is 1. The van der Waals surface area contributed by atoms with Crippen LogP contribution in [0.1, 0.15) is 34.6 Å². The molecular weight excluding hydrogens is 192 g/mol. The Morgan fingerprint density at radius 2 is 2.00 bits per heavy atom. The largest absolute Gasteiger partial charge is 0.444 e. The summed E-state index contributed by atoms with van der Waals surface area (Å²) < 4.78 is 5.08. The lowest BCUT2D eigenvalue weighted by atomic mass is 10.1. The van der Waals surface area contributed by atoms with E-state index in [1.165, 1.54) is 0 Å². The molecule has 0 aromatic carbocycles. The van der Waals surface area contributed by atoms with Gasteiger partial charge in [-0.1, -0.05) is 5.92 Å². The quantitative estimate of drug-likeness (QED) is 0.677. The van der Waals surface area contributed by atoms with Crippen molar-refractivity contribution >= 4 is 6.09 Å². The van der Waals surface area contributed by atoms with E-state index in [2.05, 4.69) is 17.2 Å². The van der Waals surface area contributed by atoms with E-state index < -0.39 is 11.7 Å². The molecule has 86 valence electrons. The first-order chi connectivity index (χ1) is 6.76. The molecule has 0 aliphatic heterocycles. The number of amides is 1. The Hall–Kier alpha value is -1.21. The van der Waals surface area contributed by atoms with E-state index in [9.17, 15) is 4.79 Å². The zero-order valence-electron chi connectivity index (χ0n) is 10.0. The third kappa shape index (κ3) is 6.81. The van der Waals surface area contributed by atoms with Gasteiger partial charge in [-0.05, 0) is 34.6 Å². The fraction of sp³-hybridized carbons (Fsp3) is 0.727. The third-order valence-electron chi connectivity index (χ3n) is 1.59. The van der Waals surface area contributed by atoms with Gasteiger partial charge in [0.25, 0.3) is 0 Å². The van der Waals surface area contributed by atoms with Crippen molar-refractivity contribution in [3.8, 4) is 11.8 Å². The Balaban J connectivity index is 4.11. The molecule has 0 fully saturated rings. The van der Waals surface area contributed by atoms with Gasteiger partial charge in [0.15, 0.2) is 0 Å². The summed E-state index contributed by atoms with van der Waals surface area (Å²) in [5.41, 5.74) is 5.20. The lowest BCUT2D eigenvalue weighted by molar-refractivity contribution is 0.0506. The molecule has 2 atom stereocenters. The van der Waals surface area contributed by atoms with Crippen LogP contribution in [0.4, 0.5) is 4.79 Å². The van der Waals surface area contributed by atoms with E-state index in [1.807, 2.05) is 20.8 Å². The molecule has 0 heterocycles. The molecule has 3 N–H and O–H groups in total. The van der Waals surface area contributed by atoms with Crippen molar-refractivity contribution in [3.63, 3.8) is 0 Å². The smallest absolute Gasteiger partial charge is 0.407 e. The molecule has 0 rings (SSSR count). The van der Waals surface area contributed by atoms with Crippen LogP contribution in [0.5, 0.6) is 0 Å². The van der Waals surface area contributed by atoms with E-state index in [0.29, 0.717) is 0 Å². The topological polar surface area (TPSA) is 64.3 Å². The van der Waals surface area contributed by atoms with Crippen molar-refractivity contribution in [1.82, 2.24) is 5.32 Å². The Kier molecular flexibility index (Phi) is 5.16. The van der Waals surface area contributed by atoms with Gasteiger partial charge in [0, 0.05) is 0 Å². The van der Waals surface area contributed by atoms with Crippen LogP contribution in [0.2, 0.25) is 0 Å². The first kappa shape index (κ1) is 13.8. The minimum atomic E-state index is -0.496. The van der Waals surface area contributed by atoms with Crippen LogP contribution in [0.3, 0.4) is 0 Å². The molecule has 0 saturated carbocycles. The van der Waals surface area contributed by atoms with Crippen molar-refractivity contribution in [2.24, 2.45) is 5.73 Å². The van der Waals surface area contributed by atoms with Crippen LogP contribution < -0.4 is 11.1 Å². The van der Waals surface area contributed by atoms with Crippen LogP contribution in [0.25, 0.3) is 0 Å². The van der Waals surface area contributed by atoms with Crippen molar-refractivity contribution in [2.45, 2.75) is 52.3 Å². The third-order valence-corrected chi connectivity index (χ3v) is 1.59. The number of rotatable bonds is 2. The molecular formula is C11H20N2O2. The van der Waals surface area contributed by atoms with E-state index >= 15 is 0 Å². The van der Waals surface area contributed by atoms with E-state index in [4.69, 9.17) is 10.5 Å². The molecule has 0 bridgehead atoms. The maximum absolute atomic E-state index is 11.3. The van der Waals surface area contributed by atoms with Crippen molar-refractivity contribution in [2.75, 3.05) is 0 Å². The van der Waals surface area contributed by atoms with Crippen LogP contribution in [0.15, 0.2) is 0 Å². The van der Waals surface area contributed by atoms with Gasteiger partial charge >= 0.3 is 6.09 Å². The summed E-state index contributed by atoms with van der Waals surface area (Å²) in [4.78, 5) is 11.3. The Bertz CT molecular complexity index is 271. The number of alkyl carbamates (subject to hydrolysis) is 1. The van der Waals surface area contributed by atoms with Gasteiger partial charge in [0.2, 0.25) is 0 Å². The zero-order chi connectivity index (χ0) is 12.1. The number of carbonyl (C=O) groups excluding carboxylic acids is 1. The summed E-state index contributed by atoms with van der Waals surface area (Å²) in [6.45, 7) is 8.92. The second-order valence-electron chi connectivity index (χ2n) is 4.36. The highest BCUT2D eigenvalue weighted by Gasteiger charge is 2.19. The molecule has 4 nitrogen and oxygen atoms in total. The predicted octanol–water partition coefficient (Wildman–Crippen LogP) is 1.25. The summed E-state index contributed by atoms with van der Waals surface area (Å²) in [5.74, 6) is 5.47. The zero-order valence-corrected chi connectivity index (χ0v) is 10.0. The Morgan fingerprint density at radius 3 is 2.40 bits per heavy atom. The SMILES string of the molecule is CC#C[C@@H](N)[C@H](C)NC(=O)OC(C)(C)C. The predicted molar refractivity (Wildman–Crippen MR) is 60.3 cm³/mol. The molecule has 15 heavy (non-hydrogen) atoms. The highest BCUT2D eigenvalue weighted by Crippen LogP contribution is 2.06. The first-order valence-electron chi connectivity index (χ1n) is 4.93. The molecule has 0 spiro atoms. The molecule has 0 aromatic heterocycles. The number of carbonyl (C=O) groups is 1. The van der Waals surface area contributed by atoms with Crippen molar-refractivity contribution < 1.29 is 9.53 Å². The lowest BCUT2D eigenvalue weighted by Crippen LogP contribution is -2.46. The molecule has 0 unspecified atom stereocenters. The van der Waals surface area contributed by atoms with Crippen molar-refractivity contribution in [1.29, 1.82) is 0 Å². The van der Waals surface area contributed by atoms with Crippen molar-refractivity contribution in [3.05, 3.63) is 0 Å². The summed E-state index contributed by atoms with van der Waals surface area (Å²) in [6, 6.07) is -0.602. The normalized spacial score (nSPS) is 14.5. The second kappa shape index (κ2) is 5.62. The van der Waals surface area contributed by atoms with Crippen LogP contribution >= 0.6 is 0 Å². The van der Waals surface area contributed by atoms with Gasteiger partial charge in [0.1, 0.15) is 5.60 Å². The molecule has 4 heteroatoms.